The summed E-state index contributed by atoms with van der Waals surface area (Å²) in [5.74, 6) is -1.34. The average Bonchev–Trinajstić information content (AvgIpc) is 3.24. The Labute approximate surface area is 192 Å². The van der Waals surface area contributed by atoms with Gasteiger partial charge in [0.1, 0.15) is 12.0 Å². The van der Waals surface area contributed by atoms with Gasteiger partial charge >= 0.3 is 5.97 Å². The minimum Gasteiger partial charge on any atom is -0.380 e. The van der Waals surface area contributed by atoms with Gasteiger partial charge in [-0.25, -0.2) is 18.3 Å². The first-order valence-electron chi connectivity index (χ1n) is 10.2. The van der Waals surface area contributed by atoms with Crippen molar-refractivity contribution in [3.05, 3.63) is 99.5 Å². The van der Waals surface area contributed by atoms with Gasteiger partial charge in [0.2, 0.25) is 0 Å². The number of nitrogens with zero attached hydrogens (tertiary/aromatic N) is 5. The quantitative estimate of drug-likeness (QED) is 0.258. The van der Waals surface area contributed by atoms with Crippen LogP contribution in [0, 0.1) is 0 Å². The lowest BCUT2D eigenvalue weighted by Crippen LogP contribution is -2.24. The minimum atomic E-state index is -1.45. The van der Waals surface area contributed by atoms with Gasteiger partial charge < -0.3 is 10.6 Å². The zero-order valence-corrected chi connectivity index (χ0v) is 18.1. The smallest absolute Gasteiger partial charge is 0.368 e. The Morgan fingerprint density at radius 2 is 2.12 bits per heavy atom. The van der Waals surface area contributed by atoms with Gasteiger partial charge in [-0.15, -0.1) is 0 Å². The predicted octanol–water partition coefficient (Wildman–Crippen LogP) is 2.48. The van der Waals surface area contributed by atoms with Gasteiger partial charge in [-0.1, -0.05) is 23.4 Å². The van der Waals surface area contributed by atoms with E-state index in [9.17, 15) is 18.4 Å². The van der Waals surface area contributed by atoms with E-state index in [-0.39, 0.29) is 41.2 Å². The molecule has 0 spiro atoms. The van der Waals surface area contributed by atoms with Crippen molar-refractivity contribution in [2.75, 3.05) is 0 Å². The number of benzene rings is 1. The Morgan fingerprint density at radius 1 is 1.29 bits per heavy atom. The van der Waals surface area contributed by atoms with Crippen molar-refractivity contribution in [1.82, 2.24) is 19.6 Å². The van der Waals surface area contributed by atoms with Crippen LogP contribution in [0.5, 0.6) is 0 Å². The Bertz CT molecular complexity index is 1390. The predicted molar refractivity (Wildman–Crippen MR) is 120 cm³/mol. The molecule has 0 amide bonds. The number of hydrogen-bond acceptors (Lipinski definition) is 6. The molecule has 11 heteroatoms. The van der Waals surface area contributed by atoms with Gasteiger partial charge in [0.15, 0.2) is 5.84 Å². The van der Waals surface area contributed by atoms with Crippen LogP contribution >= 0.6 is 0 Å². The number of carbonyl (C=O) groups excluding carboxylic acids is 1. The summed E-state index contributed by atoms with van der Waals surface area (Å²) in [7, 11) is 1.66. The number of oxime groups is 1. The van der Waals surface area contributed by atoms with Crippen LogP contribution in [-0.2, 0) is 18.4 Å². The summed E-state index contributed by atoms with van der Waals surface area (Å²) >= 11 is 0. The van der Waals surface area contributed by atoms with Crippen LogP contribution in [0.25, 0.3) is 5.57 Å². The normalized spacial score (nSPS) is 16.1. The summed E-state index contributed by atoms with van der Waals surface area (Å²) in [4.78, 5) is 29.2. The molecule has 0 fully saturated rings. The van der Waals surface area contributed by atoms with Crippen LogP contribution in [0.3, 0.4) is 0 Å². The van der Waals surface area contributed by atoms with E-state index in [1.807, 2.05) is 0 Å². The van der Waals surface area contributed by atoms with Gasteiger partial charge in [-0.3, -0.25) is 9.48 Å². The highest BCUT2D eigenvalue weighted by Crippen LogP contribution is 2.26. The molecule has 4 rings (SSSR count). The molecule has 2 N–H and O–H groups in total. The van der Waals surface area contributed by atoms with Crippen LogP contribution < -0.4 is 11.3 Å². The molecule has 0 radical (unpaired) electrons. The number of alkyl halides is 1. The minimum absolute atomic E-state index is 0.0462. The molecule has 1 unspecified atom stereocenters. The number of hydrogen-bond donors (Lipinski definition) is 1. The molecule has 174 valence electrons. The van der Waals surface area contributed by atoms with Crippen molar-refractivity contribution in [3.8, 4) is 0 Å². The fourth-order valence-electron chi connectivity index (χ4n) is 3.32. The van der Waals surface area contributed by atoms with E-state index in [0.717, 1.165) is 0 Å². The molecule has 34 heavy (non-hydrogen) atoms. The number of amidine groups is 1. The van der Waals surface area contributed by atoms with E-state index < -0.39 is 18.0 Å². The lowest BCUT2D eigenvalue weighted by atomic mass is 10.0. The van der Waals surface area contributed by atoms with Crippen molar-refractivity contribution in [2.24, 2.45) is 17.9 Å². The number of nitrogens with two attached hydrogens (primary N) is 1. The van der Waals surface area contributed by atoms with Gasteiger partial charge in [0, 0.05) is 36.9 Å². The first-order chi connectivity index (χ1) is 16.3. The van der Waals surface area contributed by atoms with E-state index in [1.54, 1.807) is 31.3 Å². The van der Waals surface area contributed by atoms with E-state index >= 15 is 0 Å². The third kappa shape index (κ3) is 5.31. The second kappa shape index (κ2) is 9.61. The van der Waals surface area contributed by atoms with Gasteiger partial charge in [-0.05, 0) is 29.8 Å². The van der Waals surface area contributed by atoms with Crippen LogP contribution in [0.15, 0.2) is 76.7 Å². The summed E-state index contributed by atoms with van der Waals surface area (Å²) < 4.78 is 30.0. The Balaban J connectivity index is 1.52. The van der Waals surface area contributed by atoms with Gasteiger partial charge in [0.05, 0.1) is 24.0 Å². The number of allylic oxidation sites excluding steroid dienone is 4. The van der Waals surface area contributed by atoms with Gasteiger partial charge in [-0.2, -0.15) is 10.2 Å². The van der Waals surface area contributed by atoms with E-state index in [1.165, 1.54) is 46.0 Å². The molecule has 1 aliphatic rings. The van der Waals surface area contributed by atoms with E-state index in [2.05, 4.69) is 15.4 Å². The fraction of sp³-hybridized carbons (Fsp3) is 0.174. The average molecular weight is 466 g/mol. The maximum Gasteiger partial charge on any atom is 0.368 e. The third-order valence-electron chi connectivity index (χ3n) is 4.95. The molecule has 0 aliphatic heterocycles. The van der Waals surface area contributed by atoms with Crippen molar-refractivity contribution in [2.45, 2.75) is 19.1 Å². The van der Waals surface area contributed by atoms with E-state index in [0.29, 0.717) is 11.1 Å². The summed E-state index contributed by atoms with van der Waals surface area (Å²) in [6.45, 7) is 0.0712. The Morgan fingerprint density at radius 3 is 2.85 bits per heavy atom. The highest BCUT2D eigenvalue weighted by molar-refractivity contribution is 5.98. The zero-order valence-electron chi connectivity index (χ0n) is 18.1. The maximum absolute atomic E-state index is 13.7. The number of halogens is 2. The molecule has 0 bridgehead atoms. The molecule has 2 heterocycles. The highest BCUT2D eigenvalue weighted by atomic mass is 19.1. The monoisotopic (exact) mass is 466 g/mol. The van der Waals surface area contributed by atoms with E-state index in [4.69, 9.17) is 10.6 Å². The van der Waals surface area contributed by atoms with Crippen molar-refractivity contribution >= 4 is 17.4 Å². The first kappa shape index (κ1) is 22.8. The molecule has 2 aromatic heterocycles. The second-order valence-corrected chi connectivity index (χ2v) is 7.61. The molecule has 3 aromatic rings. The molecule has 1 aromatic carbocycles. The third-order valence-corrected chi connectivity index (χ3v) is 4.95. The Hall–Kier alpha value is -4.41. The summed E-state index contributed by atoms with van der Waals surface area (Å²) in [6, 6.07) is 9.47. The zero-order chi connectivity index (χ0) is 24.2. The number of aryl methyl sites for hydroxylation is 1. The van der Waals surface area contributed by atoms with Crippen LogP contribution in [0.4, 0.5) is 8.78 Å². The first-order valence-corrected chi connectivity index (χ1v) is 10.2. The molecular weight excluding hydrogens is 446 g/mol. The topological polar surface area (TPSA) is 117 Å². The lowest BCUT2D eigenvalue weighted by molar-refractivity contribution is 0.0516. The maximum atomic E-state index is 13.7. The van der Waals surface area contributed by atoms with Crippen molar-refractivity contribution in [1.29, 1.82) is 0 Å². The van der Waals surface area contributed by atoms with Crippen molar-refractivity contribution < 1.29 is 18.4 Å². The number of rotatable bonds is 6. The lowest BCUT2D eigenvalue weighted by Gasteiger charge is -2.13. The Kier molecular flexibility index (Phi) is 6.44. The van der Waals surface area contributed by atoms with Gasteiger partial charge in [0.25, 0.3) is 5.56 Å². The molecular formula is C23H20F2N6O3. The summed E-state index contributed by atoms with van der Waals surface area (Å²) in [5.41, 5.74) is 7.44. The molecule has 1 aliphatic carbocycles. The summed E-state index contributed by atoms with van der Waals surface area (Å²) in [5, 5.41) is 11.8. The molecule has 0 saturated heterocycles. The number of aromatic nitrogens is 4. The van der Waals surface area contributed by atoms with Crippen LogP contribution in [0.2, 0.25) is 0 Å². The summed E-state index contributed by atoms with van der Waals surface area (Å²) in [6.07, 6.45) is 3.54. The van der Waals surface area contributed by atoms with Crippen LogP contribution in [0.1, 0.15) is 33.6 Å². The SMILES string of the molecule is Cn1cc(C(=O)O/N=C(\N)c2cccc(Cn3nc(C4=CC(F)CC(F)=C4)ccc3=O)c2)cn1. The van der Waals surface area contributed by atoms with Crippen molar-refractivity contribution in [3.63, 3.8) is 0 Å². The molecule has 0 saturated carbocycles. The highest BCUT2D eigenvalue weighted by Gasteiger charge is 2.17. The largest absolute Gasteiger partial charge is 0.380 e. The van der Waals surface area contributed by atoms with Crippen LogP contribution in [-0.4, -0.2) is 37.5 Å². The molecule has 9 nitrogen and oxygen atoms in total. The number of carbonyl (C=O) groups is 1. The standard InChI is InChI=1S/C23H20F2N6O3/c1-30-13-17(11-27-30)23(33)34-29-22(26)15-4-2-3-14(7-15)12-31-21(32)6-5-20(28-31)16-8-18(24)10-19(25)9-16/h2-9,11,13,18H,10,12H2,1H3,(H2,26,29). The second-order valence-electron chi connectivity index (χ2n) is 7.61. The molecule has 1 atom stereocenters. The fourth-order valence-corrected chi connectivity index (χ4v) is 3.32.